The van der Waals surface area contributed by atoms with E-state index >= 15 is 0 Å². The monoisotopic (exact) mass is 433 g/mol. The summed E-state index contributed by atoms with van der Waals surface area (Å²) in [6, 6.07) is 8.07. The zero-order chi connectivity index (χ0) is 18.5. The fraction of sp³-hybridized carbons (Fsp3) is 0.125. The molecule has 0 radical (unpaired) electrons. The highest BCUT2D eigenvalue weighted by Gasteiger charge is 2.21. The quantitative estimate of drug-likeness (QED) is 0.457. The summed E-state index contributed by atoms with van der Waals surface area (Å²) in [6.45, 7) is 3.53. The first-order valence-corrected chi connectivity index (χ1v) is 9.73. The van der Waals surface area contributed by atoms with E-state index in [1.165, 1.54) is 18.5 Å². The first kappa shape index (κ1) is 16.9. The molecule has 1 aromatic carbocycles. The van der Waals surface area contributed by atoms with Gasteiger partial charge in [0.05, 0.1) is 9.86 Å². The number of hydrogen-bond acceptors (Lipinski definition) is 7. The number of nitrogens with zero attached hydrogens (tertiary/aromatic N) is 5. The van der Waals surface area contributed by atoms with Gasteiger partial charge < -0.3 is 4.18 Å². The number of aryl methyl sites for hydroxylation is 2. The van der Waals surface area contributed by atoms with E-state index < -0.39 is 10.1 Å². The lowest BCUT2D eigenvalue weighted by Crippen LogP contribution is -2.12. The molecule has 26 heavy (non-hydrogen) atoms. The Balaban J connectivity index is 1.91. The average Bonchev–Trinajstić information content (AvgIpc) is 3.07. The van der Waals surface area contributed by atoms with Gasteiger partial charge in [0, 0.05) is 0 Å². The molecule has 4 rings (SSSR count). The summed E-state index contributed by atoms with van der Waals surface area (Å²) >= 11 is 3.40. The lowest BCUT2D eigenvalue weighted by atomic mass is 10.2. The summed E-state index contributed by atoms with van der Waals surface area (Å²) in [5, 5.41) is 8.29. The zero-order valence-electron chi connectivity index (χ0n) is 13.7. The van der Waals surface area contributed by atoms with Crippen molar-refractivity contribution < 1.29 is 12.6 Å². The van der Waals surface area contributed by atoms with Crippen LogP contribution in [0.3, 0.4) is 0 Å². The first-order valence-electron chi connectivity index (χ1n) is 7.53. The van der Waals surface area contributed by atoms with Crippen LogP contribution in [0.25, 0.3) is 16.7 Å². The summed E-state index contributed by atoms with van der Waals surface area (Å²) in [5.74, 6) is 0.313. The van der Waals surface area contributed by atoms with Gasteiger partial charge in [-0.25, -0.2) is 4.98 Å². The minimum absolute atomic E-state index is 0.0515. The Kier molecular flexibility index (Phi) is 3.88. The zero-order valence-corrected chi connectivity index (χ0v) is 16.1. The van der Waals surface area contributed by atoms with Gasteiger partial charge in [0.2, 0.25) is 5.88 Å². The van der Waals surface area contributed by atoms with E-state index in [-0.39, 0.29) is 10.8 Å². The third-order valence-electron chi connectivity index (χ3n) is 3.76. The second kappa shape index (κ2) is 5.99. The smallest absolute Gasteiger partial charge is 0.340 e. The molecule has 0 bridgehead atoms. The predicted molar refractivity (Wildman–Crippen MR) is 97.5 cm³/mol. The highest BCUT2D eigenvalue weighted by molar-refractivity contribution is 9.10. The number of halogens is 1. The SMILES string of the molecule is Cc1ccc(S(=O)(=O)Oc2nc(C)nc3c2cc(Br)c2nncn23)cc1. The van der Waals surface area contributed by atoms with Crippen LogP contribution in [0, 0.1) is 13.8 Å². The summed E-state index contributed by atoms with van der Waals surface area (Å²) in [5.41, 5.74) is 1.96. The van der Waals surface area contributed by atoms with E-state index in [1.807, 2.05) is 6.92 Å². The Morgan fingerprint density at radius 1 is 1.08 bits per heavy atom. The minimum atomic E-state index is -4.04. The molecular formula is C16H12BrN5O3S. The number of fused-ring (bicyclic) bond motifs is 3. The molecule has 132 valence electrons. The molecule has 0 amide bonds. The highest BCUT2D eigenvalue weighted by atomic mass is 79.9. The van der Waals surface area contributed by atoms with Crippen molar-refractivity contribution >= 4 is 42.7 Å². The van der Waals surface area contributed by atoms with E-state index in [9.17, 15) is 8.42 Å². The van der Waals surface area contributed by atoms with E-state index in [0.29, 0.717) is 27.0 Å². The van der Waals surface area contributed by atoms with Crippen molar-refractivity contribution in [2.75, 3.05) is 0 Å². The van der Waals surface area contributed by atoms with Crippen LogP contribution in [-0.2, 0) is 10.1 Å². The Morgan fingerprint density at radius 2 is 1.81 bits per heavy atom. The standard InChI is InChI=1S/C16H12BrN5O3S/c1-9-3-5-11(6-4-9)26(23,24)25-16-12-7-13(17)15-21-18-8-22(15)14(12)19-10(2)20-16/h3-8H,1-2H3. The number of aromatic nitrogens is 5. The van der Waals surface area contributed by atoms with Crippen molar-refractivity contribution in [1.29, 1.82) is 0 Å². The molecule has 0 aliphatic carbocycles. The summed E-state index contributed by atoms with van der Waals surface area (Å²) < 4.78 is 32.9. The van der Waals surface area contributed by atoms with Crippen LogP contribution in [0.2, 0.25) is 0 Å². The second-order valence-electron chi connectivity index (χ2n) is 5.68. The summed E-state index contributed by atoms with van der Waals surface area (Å²) in [7, 11) is -4.04. The van der Waals surface area contributed by atoms with Crippen LogP contribution in [0.15, 0.2) is 46.0 Å². The van der Waals surface area contributed by atoms with Crippen LogP contribution in [0.1, 0.15) is 11.4 Å². The summed E-state index contributed by atoms with van der Waals surface area (Å²) in [4.78, 5) is 8.60. The second-order valence-corrected chi connectivity index (χ2v) is 8.08. The first-order chi connectivity index (χ1) is 12.3. The number of hydrogen-bond donors (Lipinski definition) is 0. The van der Waals surface area contributed by atoms with Crippen LogP contribution >= 0.6 is 15.9 Å². The minimum Gasteiger partial charge on any atom is -0.357 e. The van der Waals surface area contributed by atoms with Gasteiger partial charge in [-0.15, -0.1) is 10.2 Å². The Morgan fingerprint density at radius 3 is 2.54 bits per heavy atom. The largest absolute Gasteiger partial charge is 0.357 e. The van der Waals surface area contributed by atoms with Crippen molar-refractivity contribution in [3.63, 3.8) is 0 Å². The maximum atomic E-state index is 12.6. The molecule has 0 aliphatic heterocycles. The predicted octanol–water partition coefficient (Wildman–Crippen LogP) is 2.82. The molecule has 8 nitrogen and oxygen atoms in total. The molecule has 4 aromatic rings. The lowest BCUT2D eigenvalue weighted by Gasteiger charge is -2.10. The van der Waals surface area contributed by atoms with Crippen molar-refractivity contribution in [3.05, 3.63) is 52.5 Å². The van der Waals surface area contributed by atoms with Gasteiger partial charge >= 0.3 is 10.1 Å². The molecule has 0 saturated carbocycles. The van der Waals surface area contributed by atoms with Crippen LogP contribution < -0.4 is 4.18 Å². The van der Waals surface area contributed by atoms with Gasteiger partial charge in [-0.3, -0.25) is 4.40 Å². The Bertz CT molecular complexity index is 1250. The van der Waals surface area contributed by atoms with Gasteiger partial charge in [-0.05, 0) is 48.0 Å². The van der Waals surface area contributed by atoms with Crippen molar-refractivity contribution in [2.24, 2.45) is 0 Å². The normalized spacial score (nSPS) is 12.0. The van der Waals surface area contributed by atoms with Gasteiger partial charge in [0.15, 0.2) is 11.3 Å². The molecule has 0 fully saturated rings. The molecule has 0 aliphatic rings. The maximum Gasteiger partial charge on any atom is 0.340 e. The van der Waals surface area contributed by atoms with Crippen molar-refractivity contribution in [2.45, 2.75) is 18.7 Å². The fourth-order valence-electron chi connectivity index (χ4n) is 2.52. The van der Waals surface area contributed by atoms with Crippen LogP contribution in [0.4, 0.5) is 0 Å². The van der Waals surface area contributed by atoms with Crippen LogP contribution in [-0.4, -0.2) is 33.0 Å². The average molecular weight is 434 g/mol. The van der Waals surface area contributed by atoms with Crippen molar-refractivity contribution in [1.82, 2.24) is 24.6 Å². The summed E-state index contributed by atoms with van der Waals surface area (Å²) in [6.07, 6.45) is 1.49. The molecule has 0 spiro atoms. The molecule has 0 atom stereocenters. The number of pyridine rings is 1. The highest BCUT2D eigenvalue weighted by Crippen LogP contribution is 2.30. The third-order valence-corrected chi connectivity index (χ3v) is 5.57. The topological polar surface area (TPSA) is 99.3 Å². The van der Waals surface area contributed by atoms with E-state index in [0.717, 1.165) is 5.56 Å². The number of rotatable bonds is 3. The number of benzene rings is 1. The van der Waals surface area contributed by atoms with Crippen LogP contribution in [0.5, 0.6) is 5.88 Å². The molecule has 10 heteroatoms. The van der Waals surface area contributed by atoms with E-state index in [4.69, 9.17) is 4.18 Å². The lowest BCUT2D eigenvalue weighted by molar-refractivity contribution is 0.478. The Hall–Kier alpha value is -2.59. The van der Waals surface area contributed by atoms with Crippen molar-refractivity contribution in [3.8, 4) is 5.88 Å². The molecule has 0 N–H and O–H groups in total. The molecule has 0 saturated heterocycles. The molecule has 3 heterocycles. The van der Waals surface area contributed by atoms with Gasteiger partial charge in [-0.2, -0.15) is 13.4 Å². The molecule has 0 unspecified atom stereocenters. The van der Waals surface area contributed by atoms with E-state index in [2.05, 4.69) is 36.1 Å². The molecular weight excluding hydrogens is 422 g/mol. The van der Waals surface area contributed by atoms with E-state index in [1.54, 1.807) is 29.5 Å². The third kappa shape index (κ3) is 2.80. The maximum absolute atomic E-state index is 12.6. The molecule has 3 aromatic heterocycles. The van der Waals surface area contributed by atoms with Gasteiger partial charge in [-0.1, -0.05) is 17.7 Å². The van der Waals surface area contributed by atoms with Gasteiger partial charge in [0.25, 0.3) is 0 Å². The Labute approximate surface area is 157 Å². The van der Waals surface area contributed by atoms with Gasteiger partial charge in [0.1, 0.15) is 17.0 Å². The fourth-order valence-corrected chi connectivity index (χ4v) is 3.92.